The van der Waals surface area contributed by atoms with Gasteiger partial charge >= 0.3 is 0 Å². The zero-order valence-corrected chi connectivity index (χ0v) is 10.4. The molecule has 6 nitrogen and oxygen atoms in total. The van der Waals surface area contributed by atoms with Crippen molar-refractivity contribution in [3.05, 3.63) is 35.9 Å². The number of aliphatic hydroxyl groups is 1. The number of nitrogens with two attached hydrogens (primary N) is 1. The van der Waals surface area contributed by atoms with Crippen molar-refractivity contribution in [2.24, 2.45) is 7.05 Å². The third kappa shape index (κ3) is 2.28. The minimum absolute atomic E-state index is 0.355. The van der Waals surface area contributed by atoms with Crippen LogP contribution in [-0.4, -0.2) is 27.0 Å². The lowest BCUT2D eigenvalue weighted by molar-refractivity contribution is 0.175. The Morgan fingerprint density at radius 3 is 2.89 bits per heavy atom. The zero-order chi connectivity index (χ0) is 13.1. The summed E-state index contributed by atoms with van der Waals surface area (Å²) >= 11 is 0. The SMILES string of the molecule is COc1cccc(C(O)Cc2ncnn2C)c1N. The summed E-state index contributed by atoms with van der Waals surface area (Å²) in [6.07, 6.45) is 1.08. The molecule has 0 aliphatic heterocycles. The Bertz CT molecular complexity index is 539. The number of para-hydroxylation sites is 1. The van der Waals surface area contributed by atoms with Crippen LogP contribution in [0.2, 0.25) is 0 Å². The Kier molecular flexibility index (Phi) is 3.47. The number of benzene rings is 1. The molecule has 1 unspecified atom stereocenters. The number of nitrogens with zero attached hydrogens (tertiary/aromatic N) is 3. The Labute approximate surface area is 105 Å². The standard InChI is InChI=1S/C12H16N4O2/c1-16-11(14-7-15-16)6-9(17)8-4-3-5-10(18-2)12(8)13/h3-5,7,9,17H,6,13H2,1-2H3. The lowest BCUT2D eigenvalue weighted by Crippen LogP contribution is -2.10. The summed E-state index contributed by atoms with van der Waals surface area (Å²) in [4.78, 5) is 4.07. The van der Waals surface area contributed by atoms with Crippen LogP contribution in [0.3, 0.4) is 0 Å². The van der Waals surface area contributed by atoms with E-state index >= 15 is 0 Å². The van der Waals surface area contributed by atoms with Gasteiger partial charge in [0.1, 0.15) is 17.9 Å². The van der Waals surface area contributed by atoms with E-state index in [0.29, 0.717) is 29.2 Å². The van der Waals surface area contributed by atoms with Crippen LogP contribution in [0.5, 0.6) is 5.75 Å². The highest BCUT2D eigenvalue weighted by Gasteiger charge is 2.16. The molecule has 2 aromatic rings. The number of nitrogen functional groups attached to an aromatic ring is 1. The molecule has 1 heterocycles. The van der Waals surface area contributed by atoms with Crippen molar-refractivity contribution in [2.45, 2.75) is 12.5 Å². The van der Waals surface area contributed by atoms with Crippen LogP contribution in [0.15, 0.2) is 24.5 Å². The van der Waals surface area contributed by atoms with E-state index in [9.17, 15) is 5.11 Å². The summed E-state index contributed by atoms with van der Waals surface area (Å²) in [6, 6.07) is 5.33. The van der Waals surface area contributed by atoms with Gasteiger partial charge in [-0.15, -0.1) is 0 Å². The molecule has 1 aromatic heterocycles. The molecule has 6 heteroatoms. The van der Waals surface area contributed by atoms with Gasteiger partial charge in [0.05, 0.1) is 18.9 Å². The third-order valence-corrected chi connectivity index (χ3v) is 2.86. The quantitative estimate of drug-likeness (QED) is 0.777. The lowest BCUT2D eigenvalue weighted by Gasteiger charge is -2.15. The van der Waals surface area contributed by atoms with Gasteiger partial charge in [-0.1, -0.05) is 12.1 Å². The fourth-order valence-electron chi connectivity index (χ4n) is 1.82. The smallest absolute Gasteiger partial charge is 0.142 e. The minimum Gasteiger partial charge on any atom is -0.495 e. The second-order valence-corrected chi connectivity index (χ2v) is 3.98. The number of aromatic nitrogens is 3. The fourth-order valence-corrected chi connectivity index (χ4v) is 1.82. The molecule has 0 aliphatic carbocycles. The molecule has 0 saturated carbocycles. The molecule has 1 atom stereocenters. The number of hydrogen-bond acceptors (Lipinski definition) is 5. The van der Waals surface area contributed by atoms with Gasteiger partial charge < -0.3 is 15.6 Å². The molecule has 0 radical (unpaired) electrons. The van der Waals surface area contributed by atoms with Crippen LogP contribution in [0.25, 0.3) is 0 Å². The van der Waals surface area contributed by atoms with E-state index in [-0.39, 0.29) is 0 Å². The van der Waals surface area contributed by atoms with Gasteiger partial charge in [-0.2, -0.15) is 5.10 Å². The van der Waals surface area contributed by atoms with Crippen LogP contribution >= 0.6 is 0 Å². The van der Waals surface area contributed by atoms with E-state index in [0.717, 1.165) is 0 Å². The van der Waals surface area contributed by atoms with E-state index in [1.54, 1.807) is 37.0 Å². The van der Waals surface area contributed by atoms with Crippen molar-refractivity contribution >= 4 is 5.69 Å². The van der Waals surface area contributed by atoms with Gasteiger partial charge in [-0.3, -0.25) is 4.68 Å². The van der Waals surface area contributed by atoms with Crippen molar-refractivity contribution in [1.82, 2.24) is 14.8 Å². The second kappa shape index (κ2) is 5.05. The average molecular weight is 248 g/mol. The number of aliphatic hydroxyl groups excluding tert-OH is 1. The molecule has 0 aliphatic rings. The first kappa shape index (κ1) is 12.4. The van der Waals surface area contributed by atoms with Crippen molar-refractivity contribution in [1.29, 1.82) is 0 Å². The van der Waals surface area contributed by atoms with Gasteiger partial charge in [0.2, 0.25) is 0 Å². The molecular weight excluding hydrogens is 232 g/mol. The molecule has 1 aromatic carbocycles. The van der Waals surface area contributed by atoms with E-state index in [1.807, 2.05) is 0 Å². The monoisotopic (exact) mass is 248 g/mol. The first-order valence-electron chi connectivity index (χ1n) is 5.56. The summed E-state index contributed by atoms with van der Waals surface area (Å²) in [5.74, 6) is 1.26. The van der Waals surface area contributed by atoms with E-state index in [4.69, 9.17) is 10.5 Å². The molecule has 3 N–H and O–H groups in total. The number of hydrogen-bond donors (Lipinski definition) is 2. The number of anilines is 1. The van der Waals surface area contributed by atoms with Crippen LogP contribution in [0.1, 0.15) is 17.5 Å². The number of aryl methyl sites for hydroxylation is 1. The second-order valence-electron chi connectivity index (χ2n) is 3.98. The summed E-state index contributed by atoms with van der Waals surface area (Å²) in [6.45, 7) is 0. The molecule has 0 fully saturated rings. The average Bonchev–Trinajstić information content (AvgIpc) is 2.75. The molecule has 0 spiro atoms. The third-order valence-electron chi connectivity index (χ3n) is 2.86. The summed E-state index contributed by atoms with van der Waals surface area (Å²) in [5, 5.41) is 14.2. The zero-order valence-electron chi connectivity index (χ0n) is 10.4. The minimum atomic E-state index is -0.733. The largest absolute Gasteiger partial charge is 0.495 e. The van der Waals surface area contributed by atoms with Crippen LogP contribution in [0.4, 0.5) is 5.69 Å². The van der Waals surface area contributed by atoms with Crippen molar-refractivity contribution < 1.29 is 9.84 Å². The van der Waals surface area contributed by atoms with E-state index < -0.39 is 6.10 Å². The molecule has 96 valence electrons. The highest BCUT2D eigenvalue weighted by atomic mass is 16.5. The highest BCUT2D eigenvalue weighted by Crippen LogP contribution is 2.30. The molecule has 0 bridgehead atoms. The fraction of sp³-hybridized carbons (Fsp3) is 0.333. The molecule has 2 rings (SSSR count). The van der Waals surface area contributed by atoms with Crippen molar-refractivity contribution in [2.75, 3.05) is 12.8 Å². The highest BCUT2D eigenvalue weighted by molar-refractivity contribution is 5.59. The first-order valence-corrected chi connectivity index (χ1v) is 5.56. The maximum absolute atomic E-state index is 10.2. The van der Waals surface area contributed by atoms with E-state index in [2.05, 4.69) is 10.1 Å². The lowest BCUT2D eigenvalue weighted by atomic mass is 10.0. The maximum Gasteiger partial charge on any atom is 0.142 e. The van der Waals surface area contributed by atoms with Gasteiger partial charge in [0, 0.05) is 19.0 Å². The van der Waals surface area contributed by atoms with Crippen LogP contribution in [0, 0.1) is 0 Å². The molecule has 0 amide bonds. The maximum atomic E-state index is 10.2. The predicted molar refractivity (Wildman–Crippen MR) is 67.1 cm³/mol. The predicted octanol–water partition coefficient (Wildman–Crippen LogP) is 0.682. The summed E-state index contributed by atoms with van der Waals surface area (Å²) in [5.41, 5.74) is 7.02. The number of rotatable bonds is 4. The Balaban J connectivity index is 2.24. The number of methoxy groups -OCH3 is 1. The van der Waals surface area contributed by atoms with Crippen molar-refractivity contribution in [3.63, 3.8) is 0 Å². The van der Waals surface area contributed by atoms with Gasteiger partial charge in [-0.05, 0) is 6.07 Å². The van der Waals surface area contributed by atoms with Gasteiger partial charge in [0.25, 0.3) is 0 Å². The molecular formula is C12H16N4O2. The van der Waals surface area contributed by atoms with Crippen molar-refractivity contribution in [3.8, 4) is 5.75 Å². The van der Waals surface area contributed by atoms with Gasteiger partial charge in [0.15, 0.2) is 0 Å². The number of ether oxygens (including phenoxy) is 1. The van der Waals surface area contributed by atoms with Crippen LogP contribution < -0.4 is 10.5 Å². The summed E-state index contributed by atoms with van der Waals surface area (Å²) < 4.78 is 6.75. The first-order chi connectivity index (χ1) is 8.63. The molecule has 0 saturated heterocycles. The van der Waals surface area contributed by atoms with Gasteiger partial charge in [-0.25, -0.2) is 4.98 Å². The Hall–Kier alpha value is -2.08. The summed E-state index contributed by atoms with van der Waals surface area (Å²) in [7, 11) is 3.33. The Morgan fingerprint density at radius 2 is 2.28 bits per heavy atom. The van der Waals surface area contributed by atoms with Crippen LogP contribution in [-0.2, 0) is 13.5 Å². The Morgan fingerprint density at radius 1 is 1.50 bits per heavy atom. The normalized spacial score (nSPS) is 12.4. The van der Waals surface area contributed by atoms with E-state index in [1.165, 1.54) is 6.33 Å². The topological polar surface area (TPSA) is 86.2 Å². The molecule has 18 heavy (non-hydrogen) atoms.